The average Bonchev–Trinajstić information content (AvgIpc) is 2.65. The molecular weight excluding hydrogens is 280 g/mol. The quantitative estimate of drug-likeness (QED) is 0.692. The Morgan fingerprint density at radius 1 is 1.41 bits per heavy atom. The Labute approximate surface area is 113 Å². The number of halogens is 1. The molecule has 1 aromatic heterocycles. The Balaban J connectivity index is 2.61. The van der Waals surface area contributed by atoms with Crippen LogP contribution in [0.4, 0.5) is 0 Å². The number of hydrogen-bond acceptors (Lipinski definition) is 3. The summed E-state index contributed by atoms with van der Waals surface area (Å²) in [6.45, 7) is 10.6. The SMILES string of the molecule is CCCN(CCBr)Cc1ncnn1CC(C)C. The maximum Gasteiger partial charge on any atom is 0.141 e. The molecule has 0 fully saturated rings. The van der Waals surface area contributed by atoms with Gasteiger partial charge in [0.1, 0.15) is 12.2 Å². The van der Waals surface area contributed by atoms with Gasteiger partial charge in [-0.25, -0.2) is 9.67 Å². The monoisotopic (exact) mass is 302 g/mol. The molecule has 0 amide bonds. The summed E-state index contributed by atoms with van der Waals surface area (Å²) in [5.74, 6) is 1.68. The van der Waals surface area contributed by atoms with E-state index < -0.39 is 0 Å². The lowest BCUT2D eigenvalue weighted by molar-refractivity contribution is 0.268. The summed E-state index contributed by atoms with van der Waals surface area (Å²) < 4.78 is 2.03. The van der Waals surface area contributed by atoms with Gasteiger partial charge in [0.15, 0.2) is 0 Å². The van der Waals surface area contributed by atoms with Crippen LogP contribution in [0.3, 0.4) is 0 Å². The van der Waals surface area contributed by atoms with Crippen molar-refractivity contribution in [2.24, 2.45) is 5.92 Å². The number of rotatable bonds is 8. The van der Waals surface area contributed by atoms with E-state index in [1.165, 1.54) is 6.42 Å². The Morgan fingerprint density at radius 3 is 2.76 bits per heavy atom. The van der Waals surface area contributed by atoms with Gasteiger partial charge in [-0.05, 0) is 18.9 Å². The predicted molar refractivity (Wildman–Crippen MR) is 74.2 cm³/mol. The predicted octanol–water partition coefficient (Wildman–Crippen LogP) is 2.54. The summed E-state index contributed by atoms with van der Waals surface area (Å²) in [7, 11) is 0. The molecule has 0 aromatic carbocycles. The molecule has 0 unspecified atom stereocenters. The summed E-state index contributed by atoms with van der Waals surface area (Å²) >= 11 is 3.50. The molecule has 5 heteroatoms. The Hall–Kier alpha value is -0.420. The third-order valence-electron chi connectivity index (χ3n) is 2.54. The minimum Gasteiger partial charge on any atom is -0.295 e. The fourth-order valence-electron chi connectivity index (χ4n) is 1.81. The topological polar surface area (TPSA) is 34.0 Å². The highest BCUT2D eigenvalue weighted by atomic mass is 79.9. The zero-order valence-corrected chi connectivity index (χ0v) is 12.7. The number of hydrogen-bond donors (Lipinski definition) is 0. The molecule has 0 radical (unpaired) electrons. The number of aromatic nitrogens is 3. The molecule has 0 aliphatic rings. The second-order valence-electron chi connectivity index (χ2n) is 4.72. The maximum atomic E-state index is 4.37. The molecule has 4 nitrogen and oxygen atoms in total. The zero-order valence-electron chi connectivity index (χ0n) is 11.1. The average molecular weight is 303 g/mol. The fourth-order valence-corrected chi connectivity index (χ4v) is 2.32. The molecule has 17 heavy (non-hydrogen) atoms. The van der Waals surface area contributed by atoms with Crippen molar-refractivity contribution >= 4 is 15.9 Å². The summed E-state index contributed by atoms with van der Waals surface area (Å²) in [4.78, 5) is 6.78. The normalized spacial score (nSPS) is 11.6. The van der Waals surface area contributed by atoms with Crippen LogP contribution in [0.2, 0.25) is 0 Å². The molecule has 0 bridgehead atoms. The maximum absolute atomic E-state index is 4.37. The van der Waals surface area contributed by atoms with E-state index in [-0.39, 0.29) is 0 Å². The molecule has 98 valence electrons. The Morgan fingerprint density at radius 2 is 2.18 bits per heavy atom. The van der Waals surface area contributed by atoms with Gasteiger partial charge in [0.2, 0.25) is 0 Å². The van der Waals surface area contributed by atoms with E-state index in [0.29, 0.717) is 5.92 Å². The van der Waals surface area contributed by atoms with Gasteiger partial charge in [-0.3, -0.25) is 4.90 Å². The first-order valence-electron chi connectivity index (χ1n) is 6.32. The van der Waals surface area contributed by atoms with Crippen molar-refractivity contribution in [3.8, 4) is 0 Å². The van der Waals surface area contributed by atoms with Crippen LogP contribution in [0.25, 0.3) is 0 Å². The standard InChI is InChI=1S/C12H23BrN4/c1-4-6-16(7-5-13)9-12-14-10-15-17(12)8-11(2)3/h10-11H,4-9H2,1-3H3. The molecular formula is C12H23BrN4. The Bertz CT molecular complexity index is 305. The van der Waals surface area contributed by atoms with Crippen molar-refractivity contribution < 1.29 is 0 Å². The van der Waals surface area contributed by atoms with Crippen LogP contribution in [0.1, 0.15) is 33.0 Å². The second-order valence-corrected chi connectivity index (χ2v) is 5.51. The summed E-state index contributed by atoms with van der Waals surface area (Å²) in [5.41, 5.74) is 0. The van der Waals surface area contributed by atoms with Gasteiger partial charge >= 0.3 is 0 Å². The second kappa shape index (κ2) is 7.82. The van der Waals surface area contributed by atoms with E-state index >= 15 is 0 Å². The molecule has 0 spiro atoms. The minimum atomic E-state index is 0.603. The highest BCUT2D eigenvalue weighted by Crippen LogP contribution is 2.06. The van der Waals surface area contributed by atoms with Crippen molar-refractivity contribution in [2.75, 3.05) is 18.4 Å². The van der Waals surface area contributed by atoms with E-state index in [1.54, 1.807) is 6.33 Å². The smallest absolute Gasteiger partial charge is 0.141 e. The van der Waals surface area contributed by atoms with Gasteiger partial charge in [0, 0.05) is 18.4 Å². The summed E-state index contributed by atoms with van der Waals surface area (Å²) in [6.07, 6.45) is 2.83. The minimum absolute atomic E-state index is 0.603. The van der Waals surface area contributed by atoms with Gasteiger partial charge in [0.05, 0.1) is 6.54 Å². The highest BCUT2D eigenvalue weighted by Gasteiger charge is 2.10. The first kappa shape index (κ1) is 14.6. The largest absolute Gasteiger partial charge is 0.295 e. The van der Waals surface area contributed by atoms with Crippen LogP contribution in [0.15, 0.2) is 6.33 Å². The third-order valence-corrected chi connectivity index (χ3v) is 2.89. The zero-order chi connectivity index (χ0) is 12.7. The summed E-state index contributed by atoms with van der Waals surface area (Å²) in [6, 6.07) is 0. The summed E-state index contributed by atoms with van der Waals surface area (Å²) in [5, 5.41) is 5.30. The lowest BCUT2D eigenvalue weighted by Gasteiger charge is -2.20. The molecule has 0 aliphatic carbocycles. The number of alkyl halides is 1. The first-order valence-corrected chi connectivity index (χ1v) is 7.44. The van der Waals surface area contributed by atoms with E-state index in [1.807, 2.05) is 4.68 Å². The van der Waals surface area contributed by atoms with E-state index in [0.717, 1.165) is 37.3 Å². The van der Waals surface area contributed by atoms with Crippen LogP contribution in [-0.2, 0) is 13.1 Å². The van der Waals surface area contributed by atoms with Crippen molar-refractivity contribution in [1.82, 2.24) is 19.7 Å². The van der Waals surface area contributed by atoms with Crippen LogP contribution < -0.4 is 0 Å². The molecule has 0 atom stereocenters. The lowest BCUT2D eigenvalue weighted by atomic mass is 10.2. The molecule has 0 saturated carbocycles. The van der Waals surface area contributed by atoms with E-state index in [4.69, 9.17) is 0 Å². The first-order chi connectivity index (χ1) is 8.17. The molecule has 1 aromatic rings. The van der Waals surface area contributed by atoms with Crippen molar-refractivity contribution in [1.29, 1.82) is 0 Å². The third kappa shape index (κ3) is 5.17. The molecule has 1 rings (SSSR count). The van der Waals surface area contributed by atoms with Crippen molar-refractivity contribution in [2.45, 2.75) is 40.3 Å². The highest BCUT2D eigenvalue weighted by molar-refractivity contribution is 9.09. The van der Waals surface area contributed by atoms with Gasteiger partial charge in [-0.15, -0.1) is 0 Å². The van der Waals surface area contributed by atoms with Gasteiger partial charge < -0.3 is 0 Å². The number of nitrogens with zero attached hydrogens (tertiary/aromatic N) is 4. The Kier molecular flexibility index (Phi) is 6.73. The van der Waals surface area contributed by atoms with Crippen LogP contribution in [0, 0.1) is 5.92 Å². The van der Waals surface area contributed by atoms with Crippen molar-refractivity contribution in [3.05, 3.63) is 12.2 Å². The molecule has 0 saturated heterocycles. The lowest BCUT2D eigenvalue weighted by Crippen LogP contribution is -2.28. The van der Waals surface area contributed by atoms with Gasteiger partial charge in [0.25, 0.3) is 0 Å². The molecule has 1 heterocycles. The van der Waals surface area contributed by atoms with Crippen LogP contribution >= 0.6 is 15.9 Å². The fraction of sp³-hybridized carbons (Fsp3) is 0.833. The molecule has 0 aliphatic heterocycles. The van der Waals surface area contributed by atoms with Gasteiger partial charge in [-0.1, -0.05) is 36.7 Å². The van der Waals surface area contributed by atoms with Crippen LogP contribution in [-0.4, -0.2) is 38.1 Å². The van der Waals surface area contributed by atoms with Crippen LogP contribution in [0.5, 0.6) is 0 Å². The molecule has 0 N–H and O–H groups in total. The van der Waals surface area contributed by atoms with E-state index in [9.17, 15) is 0 Å². The van der Waals surface area contributed by atoms with E-state index in [2.05, 4.69) is 51.7 Å². The van der Waals surface area contributed by atoms with Gasteiger partial charge in [-0.2, -0.15) is 5.10 Å². The van der Waals surface area contributed by atoms with Crippen molar-refractivity contribution in [3.63, 3.8) is 0 Å².